The summed E-state index contributed by atoms with van der Waals surface area (Å²) in [6.45, 7) is -0.494. The van der Waals surface area contributed by atoms with Gasteiger partial charge >= 0.3 is 0 Å². The van der Waals surface area contributed by atoms with E-state index in [9.17, 15) is 19.8 Å². The third-order valence-corrected chi connectivity index (χ3v) is 3.84. The van der Waals surface area contributed by atoms with Gasteiger partial charge in [0, 0.05) is 6.07 Å². The zero-order valence-electron chi connectivity index (χ0n) is 12.7. The molecule has 134 valence electrons. The maximum absolute atomic E-state index is 11.6. The quantitative estimate of drug-likeness (QED) is 0.330. The molecule has 0 unspecified atom stereocenters. The predicted molar refractivity (Wildman–Crippen MR) is 82.0 cm³/mol. The molecule has 12 heteroatoms. The Morgan fingerprint density at radius 1 is 1.40 bits per heavy atom. The molecule has 0 bridgehead atoms. The minimum atomic E-state index is -1.36. The number of aromatic amines is 1. The molecule has 3 rings (SSSR count). The van der Waals surface area contributed by atoms with Crippen LogP contribution >= 0.6 is 0 Å². The highest BCUT2D eigenvalue weighted by Gasteiger charge is 2.44. The number of anilines is 1. The van der Waals surface area contributed by atoms with Crippen LogP contribution in [0.1, 0.15) is 16.7 Å². The van der Waals surface area contributed by atoms with Crippen LogP contribution in [-0.4, -0.2) is 65.7 Å². The molecule has 8 N–H and O–H groups in total. The van der Waals surface area contributed by atoms with Crippen molar-refractivity contribution in [2.24, 2.45) is 5.73 Å². The van der Waals surface area contributed by atoms with Gasteiger partial charge in [-0.3, -0.25) is 14.2 Å². The Morgan fingerprint density at radius 2 is 2.12 bits per heavy atom. The predicted octanol–water partition coefficient (Wildman–Crippen LogP) is -3.07. The average molecular weight is 352 g/mol. The number of ether oxygens (including phenoxy) is 1. The van der Waals surface area contributed by atoms with E-state index in [1.54, 1.807) is 0 Å². The minimum absolute atomic E-state index is 0.0259. The number of nitrogen functional groups attached to an aromatic ring is 1. The van der Waals surface area contributed by atoms with Crippen LogP contribution in [0.4, 0.5) is 5.82 Å². The number of primary amides is 1. The summed E-state index contributed by atoms with van der Waals surface area (Å²) >= 11 is 0. The van der Waals surface area contributed by atoms with Crippen molar-refractivity contribution in [2.75, 3.05) is 12.3 Å². The van der Waals surface area contributed by atoms with Crippen molar-refractivity contribution in [3.63, 3.8) is 0 Å². The first-order chi connectivity index (χ1) is 11.8. The van der Waals surface area contributed by atoms with Crippen LogP contribution in [-0.2, 0) is 4.74 Å². The summed E-state index contributed by atoms with van der Waals surface area (Å²) < 4.78 is 6.58. The van der Waals surface area contributed by atoms with Crippen LogP contribution in [0.3, 0.4) is 0 Å². The number of H-pyrrole nitrogens is 1. The highest BCUT2D eigenvalue weighted by atomic mass is 16.6. The first-order valence-electron chi connectivity index (χ1n) is 7.19. The van der Waals surface area contributed by atoms with E-state index in [2.05, 4.69) is 15.0 Å². The number of nitrogens with one attached hydrogen (secondary N) is 1. The number of aliphatic hydroxyl groups excluding tert-OH is 3. The van der Waals surface area contributed by atoms with E-state index in [0.717, 1.165) is 6.07 Å². The van der Waals surface area contributed by atoms with Gasteiger partial charge in [0.25, 0.3) is 11.5 Å². The molecule has 2 aromatic rings. The molecule has 0 aromatic carbocycles. The second kappa shape index (κ2) is 6.25. The molecule has 1 saturated heterocycles. The lowest BCUT2D eigenvalue weighted by atomic mass is 10.1. The summed E-state index contributed by atoms with van der Waals surface area (Å²) in [5, 5.41) is 29.0. The monoisotopic (exact) mass is 352 g/mol. The summed E-state index contributed by atoms with van der Waals surface area (Å²) in [5.41, 5.74) is 10.2. The fourth-order valence-corrected chi connectivity index (χ4v) is 2.56. The van der Waals surface area contributed by atoms with Gasteiger partial charge in [0.15, 0.2) is 12.1 Å². The van der Waals surface area contributed by atoms with Gasteiger partial charge in [-0.1, -0.05) is 0 Å². The molecular formula is C13H16N6O6. The van der Waals surface area contributed by atoms with Crippen molar-refractivity contribution in [3.8, 4) is 11.5 Å². The Balaban J connectivity index is 2.00. The standard InChI is InChI=1S/C13H16N6O6/c14-10-7(12-17-4(11(15)24)1-6(21)18-12)16-3-19(10)13-9(23)8(22)5(2-20)25-13/h1,3,5,8-9,13,20,22-23H,2,14H2,(H2,15,24)(H,17,18,21)/t5-,8-,9-,13-/m1/s1. The van der Waals surface area contributed by atoms with E-state index in [-0.39, 0.29) is 23.0 Å². The lowest BCUT2D eigenvalue weighted by molar-refractivity contribution is -0.0517. The number of aromatic nitrogens is 4. The summed E-state index contributed by atoms with van der Waals surface area (Å²) in [5.74, 6) is -1.03. The van der Waals surface area contributed by atoms with Crippen molar-refractivity contribution in [1.82, 2.24) is 19.5 Å². The van der Waals surface area contributed by atoms with Gasteiger partial charge in [-0.15, -0.1) is 0 Å². The highest BCUT2D eigenvalue weighted by Crippen LogP contribution is 2.33. The molecule has 25 heavy (non-hydrogen) atoms. The lowest BCUT2D eigenvalue weighted by Gasteiger charge is -2.17. The maximum atomic E-state index is 11.6. The normalized spacial score (nSPS) is 26.0. The number of carbonyl (C=O) groups excluding carboxylic acids is 1. The van der Waals surface area contributed by atoms with E-state index >= 15 is 0 Å². The molecule has 1 aliphatic rings. The van der Waals surface area contributed by atoms with Crippen LogP contribution in [0.5, 0.6) is 0 Å². The molecule has 0 radical (unpaired) electrons. The van der Waals surface area contributed by atoms with Gasteiger partial charge in [-0.25, -0.2) is 9.97 Å². The summed E-state index contributed by atoms with van der Waals surface area (Å²) in [4.78, 5) is 33.1. The number of hydrogen-bond acceptors (Lipinski definition) is 9. The second-order valence-electron chi connectivity index (χ2n) is 5.46. The van der Waals surface area contributed by atoms with E-state index in [1.165, 1.54) is 10.9 Å². The van der Waals surface area contributed by atoms with Gasteiger partial charge < -0.3 is 36.5 Å². The summed E-state index contributed by atoms with van der Waals surface area (Å²) in [6.07, 6.45) is -3.54. The summed E-state index contributed by atoms with van der Waals surface area (Å²) in [6, 6.07) is 0.936. The number of nitrogens with two attached hydrogens (primary N) is 2. The van der Waals surface area contributed by atoms with E-state index in [1.807, 2.05) is 0 Å². The van der Waals surface area contributed by atoms with Gasteiger partial charge in [-0.2, -0.15) is 0 Å². The van der Waals surface area contributed by atoms with Crippen LogP contribution in [0, 0.1) is 0 Å². The molecule has 0 spiro atoms. The second-order valence-corrected chi connectivity index (χ2v) is 5.46. The molecule has 0 saturated carbocycles. The summed E-state index contributed by atoms with van der Waals surface area (Å²) in [7, 11) is 0. The molecular weight excluding hydrogens is 336 g/mol. The van der Waals surface area contributed by atoms with E-state index in [0.29, 0.717) is 0 Å². The zero-order chi connectivity index (χ0) is 18.3. The number of hydrogen-bond donors (Lipinski definition) is 6. The van der Waals surface area contributed by atoms with Crippen molar-refractivity contribution in [2.45, 2.75) is 24.5 Å². The highest BCUT2D eigenvalue weighted by molar-refractivity contribution is 5.91. The molecule has 12 nitrogen and oxygen atoms in total. The molecule has 0 aliphatic carbocycles. The SMILES string of the molecule is NC(=O)c1cc(=O)[nH]c(-c2ncn([C@@H]3O[C@H](CO)[C@@H](O)[C@H]3O)c2N)n1. The van der Waals surface area contributed by atoms with Crippen molar-refractivity contribution < 1.29 is 24.9 Å². The Bertz CT molecular complexity index is 863. The Kier molecular flexibility index (Phi) is 4.26. The van der Waals surface area contributed by atoms with Crippen LogP contribution < -0.4 is 17.0 Å². The van der Waals surface area contributed by atoms with Crippen LogP contribution in [0.2, 0.25) is 0 Å². The lowest BCUT2D eigenvalue weighted by Crippen LogP contribution is -2.33. The largest absolute Gasteiger partial charge is 0.394 e. The molecule has 1 fully saturated rings. The number of nitrogens with zero attached hydrogens (tertiary/aromatic N) is 3. The molecule has 3 heterocycles. The maximum Gasteiger partial charge on any atom is 0.267 e. The molecule has 1 aliphatic heterocycles. The first kappa shape index (κ1) is 17.0. The Morgan fingerprint density at radius 3 is 2.72 bits per heavy atom. The number of amides is 1. The van der Waals surface area contributed by atoms with Crippen molar-refractivity contribution in [1.29, 1.82) is 0 Å². The molecule has 4 atom stereocenters. The molecule has 2 aromatic heterocycles. The number of rotatable bonds is 4. The fraction of sp³-hybridized carbons (Fsp3) is 0.385. The third-order valence-electron chi connectivity index (χ3n) is 3.84. The number of carbonyl (C=O) groups is 1. The van der Waals surface area contributed by atoms with Crippen molar-refractivity contribution in [3.05, 3.63) is 28.4 Å². The fourth-order valence-electron chi connectivity index (χ4n) is 2.56. The number of imidazole rings is 1. The van der Waals surface area contributed by atoms with Crippen LogP contribution in [0.15, 0.2) is 17.2 Å². The first-order valence-corrected chi connectivity index (χ1v) is 7.19. The minimum Gasteiger partial charge on any atom is -0.394 e. The zero-order valence-corrected chi connectivity index (χ0v) is 12.7. The van der Waals surface area contributed by atoms with E-state index < -0.39 is 42.6 Å². The van der Waals surface area contributed by atoms with Crippen LogP contribution in [0.25, 0.3) is 11.5 Å². The molecule has 1 amide bonds. The van der Waals surface area contributed by atoms with E-state index in [4.69, 9.17) is 21.3 Å². The van der Waals surface area contributed by atoms with Gasteiger partial charge in [0.05, 0.1) is 12.9 Å². The van der Waals surface area contributed by atoms with Gasteiger partial charge in [0.1, 0.15) is 35.5 Å². The third kappa shape index (κ3) is 2.87. The van der Waals surface area contributed by atoms with Gasteiger partial charge in [0.2, 0.25) is 0 Å². The average Bonchev–Trinajstić information content (AvgIpc) is 3.08. The Labute approximate surface area is 139 Å². The topological polar surface area (TPSA) is 203 Å². The number of aliphatic hydroxyl groups is 3. The smallest absolute Gasteiger partial charge is 0.267 e. The Hall–Kier alpha value is -2.80. The van der Waals surface area contributed by atoms with Crippen molar-refractivity contribution >= 4 is 11.7 Å². The van der Waals surface area contributed by atoms with Gasteiger partial charge in [-0.05, 0) is 0 Å².